The van der Waals surface area contributed by atoms with Gasteiger partial charge in [-0.05, 0) is 74.9 Å². The molecule has 4 heterocycles. The molecule has 4 saturated heterocycles. The highest BCUT2D eigenvalue weighted by Crippen LogP contribution is 2.44. The molecule has 1 unspecified atom stereocenters. The summed E-state index contributed by atoms with van der Waals surface area (Å²) in [5.74, 6) is -5.32. The largest absolute Gasteiger partial charge is 0.509 e. The van der Waals surface area contributed by atoms with Crippen molar-refractivity contribution in [3.05, 3.63) is 0 Å². The number of esters is 3. The van der Waals surface area contributed by atoms with E-state index in [-0.39, 0.29) is 37.2 Å². The molecule has 0 radical (unpaired) electrons. The molecule has 4 fully saturated rings. The number of ether oxygens (including phenoxy) is 11. The van der Waals surface area contributed by atoms with Gasteiger partial charge < -0.3 is 57.0 Å². The Morgan fingerprint density at radius 3 is 1.93 bits per heavy atom. The van der Waals surface area contributed by atoms with Gasteiger partial charge >= 0.3 is 24.1 Å². The minimum atomic E-state index is -1.50. The maximum Gasteiger partial charge on any atom is 0.509 e. The van der Waals surface area contributed by atoms with E-state index in [1.54, 1.807) is 48.5 Å². The zero-order chi connectivity index (χ0) is 45.2. The molecule has 4 rings (SSSR count). The average molecular weight is 858 g/mol. The smallest absolute Gasteiger partial charge is 0.458 e. The van der Waals surface area contributed by atoms with E-state index in [4.69, 9.17) is 52.1 Å². The van der Waals surface area contributed by atoms with E-state index in [1.807, 2.05) is 39.8 Å². The van der Waals surface area contributed by atoms with Gasteiger partial charge in [0.2, 0.25) is 0 Å². The van der Waals surface area contributed by atoms with Gasteiger partial charge in [0, 0.05) is 46.3 Å². The van der Waals surface area contributed by atoms with E-state index in [9.17, 15) is 24.0 Å². The highest BCUT2D eigenvalue weighted by Gasteiger charge is 2.60. The zero-order valence-electron chi connectivity index (χ0n) is 38.5. The minimum Gasteiger partial charge on any atom is -0.458 e. The summed E-state index contributed by atoms with van der Waals surface area (Å²) < 4.78 is 68.4. The number of cyclic esters (lactones) is 1. The number of rotatable bonds is 10. The summed E-state index contributed by atoms with van der Waals surface area (Å²) in [4.78, 5) is 68.6. The Balaban J connectivity index is 1.91. The van der Waals surface area contributed by atoms with Crippen molar-refractivity contribution in [1.82, 2.24) is 4.90 Å². The molecule has 4 aliphatic rings. The summed E-state index contributed by atoms with van der Waals surface area (Å²) in [7, 11) is 6.80. The third kappa shape index (κ3) is 10.5. The van der Waals surface area contributed by atoms with Crippen LogP contribution in [0.5, 0.6) is 0 Å². The second kappa shape index (κ2) is 19.6. The first-order valence-electron chi connectivity index (χ1n) is 21.2. The molecule has 17 heteroatoms. The molecule has 18 atom stereocenters. The van der Waals surface area contributed by atoms with E-state index in [2.05, 4.69) is 0 Å². The van der Waals surface area contributed by atoms with Crippen molar-refractivity contribution in [2.24, 2.45) is 23.7 Å². The van der Waals surface area contributed by atoms with Crippen molar-refractivity contribution in [2.75, 3.05) is 28.3 Å². The van der Waals surface area contributed by atoms with Crippen LogP contribution in [0.25, 0.3) is 0 Å². The third-order valence-corrected chi connectivity index (χ3v) is 13.3. The molecule has 0 N–H and O–H groups in total. The molecule has 0 aromatic carbocycles. The standard InChI is InChI=1S/C43H71NO16/c1-17-30-43(12)36(59-40(49)60-43)23(4)32(47)21(2)19-41(10,50-15)35(58-39-34(54-27(8)45)29(44(13)14)18-22(3)52-39)24(5)33(25(6)38(48)56-30)57-31-20-42(11,51-16)37(26(7)53-31)55-28(9)46/h21-26,29-31,33-37,39H,17-20H2,1-16H3/t21-,22-,23+,24+,25-,26+,29+,30-,31+,33+,34-,35?,36-,37+,39+,41-,42-,43-/m1/s1. The van der Waals surface area contributed by atoms with Crippen LogP contribution in [0.1, 0.15) is 109 Å². The first-order valence-corrected chi connectivity index (χ1v) is 21.2. The molecule has 60 heavy (non-hydrogen) atoms. The minimum absolute atomic E-state index is 0.0974. The molecule has 0 aliphatic carbocycles. The number of carbonyl (C=O) groups excluding carboxylic acids is 5. The maximum absolute atomic E-state index is 14.6. The van der Waals surface area contributed by atoms with Gasteiger partial charge in [0.05, 0.1) is 47.9 Å². The summed E-state index contributed by atoms with van der Waals surface area (Å²) in [6.07, 6.45) is -8.96. The van der Waals surface area contributed by atoms with Gasteiger partial charge in [-0.3, -0.25) is 19.2 Å². The van der Waals surface area contributed by atoms with E-state index < -0.39 is 120 Å². The lowest BCUT2D eigenvalue weighted by Crippen LogP contribution is -2.62. The fraction of sp³-hybridized carbons (Fsp3) is 0.884. The van der Waals surface area contributed by atoms with Crippen molar-refractivity contribution in [1.29, 1.82) is 0 Å². The van der Waals surface area contributed by atoms with Gasteiger partial charge in [-0.25, -0.2) is 4.79 Å². The Morgan fingerprint density at radius 2 is 1.38 bits per heavy atom. The number of fused-ring (bicyclic) bond motifs is 1. The first-order chi connectivity index (χ1) is 27.9. The monoisotopic (exact) mass is 857 g/mol. The van der Waals surface area contributed by atoms with Crippen molar-refractivity contribution in [2.45, 2.75) is 193 Å². The second-order valence-electron chi connectivity index (χ2n) is 18.2. The lowest BCUT2D eigenvalue weighted by molar-refractivity contribution is -0.320. The van der Waals surface area contributed by atoms with Gasteiger partial charge in [-0.1, -0.05) is 27.7 Å². The Morgan fingerprint density at radius 1 is 0.783 bits per heavy atom. The highest BCUT2D eigenvalue weighted by atomic mass is 16.8. The van der Waals surface area contributed by atoms with E-state index in [0.29, 0.717) is 6.42 Å². The molecule has 0 saturated carbocycles. The van der Waals surface area contributed by atoms with Gasteiger partial charge in [0.1, 0.15) is 17.5 Å². The highest BCUT2D eigenvalue weighted by molar-refractivity contribution is 5.84. The third-order valence-electron chi connectivity index (χ3n) is 13.3. The van der Waals surface area contributed by atoms with Crippen molar-refractivity contribution < 1.29 is 76.1 Å². The van der Waals surface area contributed by atoms with Crippen LogP contribution >= 0.6 is 0 Å². The number of likely N-dealkylation sites (N-methyl/N-ethyl adjacent to an activating group) is 1. The number of Topliss-reactive ketones (excluding diaryl/α,β-unsaturated/α-hetero) is 1. The fourth-order valence-corrected chi connectivity index (χ4v) is 9.89. The number of ketones is 1. The zero-order valence-corrected chi connectivity index (χ0v) is 38.5. The summed E-state index contributed by atoms with van der Waals surface area (Å²) in [6.45, 7) is 20.3. The molecule has 0 spiro atoms. The average Bonchev–Trinajstić information content (AvgIpc) is 3.48. The predicted octanol–water partition coefficient (Wildman–Crippen LogP) is 4.76. The molecule has 0 amide bonds. The number of methoxy groups -OCH3 is 2. The SMILES string of the molecule is CC[C@H]1OC(=O)[C@H](C)[C@@H](O[C@H]2C[C@@](C)(OC)[C@@H](OC(C)=O)[C@H](C)O2)[C@H](C)C(O[C@@H]2O[C@H](C)C[C@H](N(C)C)[C@H]2OC(C)=O)[C@](C)(OC)C[C@@H](C)C(=O)[C@H](C)[C@H]2OC(=O)O[C@@]21C. The van der Waals surface area contributed by atoms with Crippen molar-refractivity contribution in [3.63, 3.8) is 0 Å². The van der Waals surface area contributed by atoms with E-state index in [1.165, 1.54) is 28.1 Å². The van der Waals surface area contributed by atoms with Crippen LogP contribution in [0, 0.1) is 23.7 Å². The summed E-state index contributed by atoms with van der Waals surface area (Å²) in [6, 6.07) is -0.293. The van der Waals surface area contributed by atoms with Crippen molar-refractivity contribution in [3.8, 4) is 0 Å². The molecule has 0 aromatic rings. The van der Waals surface area contributed by atoms with Gasteiger partial charge in [-0.15, -0.1) is 0 Å². The molecular formula is C43H71NO16. The van der Waals surface area contributed by atoms with Gasteiger partial charge in [0.15, 0.2) is 36.5 Å². The van der Waals surface area contributed by atoms with Gasteiger partial charge in [-0.2, -0.15) is 0 Å². The van der Waals surface area contributed by atoms with Crippen LogP contribution in [0.3, 0.4) is 0 Å². The molecule has 0 bridgehead atoms. The number of nitrogens with zero attached hydrogens (tertiary/aromatic N) is 1. The van der Waals surface area contributed by atoms with Crippen molar-refractivity contribution >= 4 is 29.8 Å². The summed E-state index contributed by atoms with van der Waals surface area (Å²) >= 11 is 0. The van der Waals surface area contributed by atoms with E-state index >= 15 is 0 Å². The Hall–Kier alpha value is -2.93. The van der Waals surface area contributed by atoms with E-state index in [0.717, 1.165) is 0 Å². The van der Waals surface area contributed by atoms with Gasteiger partial charge in [0.25, 0.3) is 0 Å². The molecule has 17 nitrogen and oxygen atoms in total. The molecule has 344 valence electrons. The Labute approximate surface area is 355 Å². The van der Waals surface area contributed by atoms with Crippen LogP contribution in [-0.4, -0.2) is 147 Å². The Kier molecular flexibility index (Phi) is 16.3. The topological polar surface area (TPSA) is 190 Å². The summed E-state index contributed by atoms with van der Waals surface area (Å²) in [5.41, 5.74) is -3.86. The van der Waals surface area contributed by atoms with Crippen LogP contribution in [0.2, 0.25) is 0 Å². The number of hydrogen-bond acceptors (Lipinski definition) is 17. The normalized spacial score (nSPS) is 44.5. The van der Waals surface area contributed by atoms with Crippen LogP contribution < -0.4 is 0 Å². The molecule has 0 aromatic heterocycles. The Bertz CT molecular complexity index is 1540. The fourth-order valence-electron chi connectivity index (χ4n) is 9.89. The lowest BCUT2D eigenvalue weighted by Gasteiger charge is -2.50. The van der Waals surface area contributed by atoms with Crippen LogP contribution in [0.4, 0.5) is 4.79 Å². The molecule has 4 aliphatic heterocycles. The van der Waals surface area contributed by atoms with Crippen LogP contribution in [0.15, 0.2) is 0 Å². The van der Waals surface area contributed by atoms with Crippen LogP contribution in [-0.2, 0) is 71.3 Å². The second-order valence-corrected chi connectivity index (χ2v) is 18.2. The maximum atomic E-state index is 14.6. The first kappa shape index (κ1) is 49.7. The number of carbonyl (C=O) groups is 5. The molecular weight excluding hydrogens is 786 g/mol. The number of hydrogen-bond donors (Lipinski definition) is 0. The lowest BCUT2D eigenvalue weighted by atomic mass is 9.74. The summed E-state index contributed by atoms with van der Waals surface area (Å²) in [5, 5.41) is 0. The quantitative estimate of drug-likeness (QED) is 0.216. The predicted molar refractivity (Wildman–Crippen MR) is 213 cm³/mol.